The fourth-order valence-corrected chi connectivity index (χ4v) is 5.36. The van der Waals surface area contributed by atoms with Crippen molar-refractivity contribution < 1.29 is 9.69 Å². The van der Waals surface area contributed by atoms with Crippen LogP contribution in [-0.2, 0) is 0 Å². The summed E-state index contributed by atoms with van der Waals surface area (Å²) in [7, 11) is 0. The van der Waals surface area contributed by atoms with Crippen molar-refractivity contribution in [3.63, 3.8) is 0 Å². The van der Waals surface area contributed by atoms with Crippen molar-refractivity contribution in [3.05, 3.63) is 22.4 Å². The molecule has 3 nitrogen and oxygen atoms in total. The summed E-state index contributed by atoms with van der Waals surface area (Å²) in [6.07, 6.45) is 5.90. The number of quaternary nitrogens is 1. The molecule has 2 saturated carbocycles. The van der Waals surface area contributed by atoms with Crippen LogP contribution in [0.4, 0.5) is 0 Å². The molecule has 2 heterocycles. The Morgan fingerprint density at radius 3 is 2.70 bits per heavy atom. The van der Waals surface area contributed by atoms with Crippen LogP contribution in [0.3, 0.4) is 0 Å². The van der Waals surface area contributed by atoms with Gasteiger partial charge in [-0.3, -0.25) is 4.79 Å². The summed E-state index contributed by atoms with van der Waals surface area (Å²) in [5.74, 6) is 2.27. The predicted molar refractivity (Wildman–Crippen MR) is 80.2 cm³/mol. The number of nitrogens with one attached hydrogen (secondary N) is 1. The first-order valence-electron chi connectivity index (χ1n) is 7.98. The highest BCUT2D eigenvalue weighted by atomic mass is 32.1. The molecule has 3 atom stereocenters. The normalized spacial score (nSPS) is 33.8. The monoisotopic (exact) mass is 291 g/mol. The Hall–Kier alpha value is -0.870. The van der Waals surface area contributed by atoms with Gasteiger partial charge in [0.25, 0.3) is 5.91 Å². The van der Waals surface area contributed by atoms with Crippen LogP contribution in [0, 0.1) is 11.8 Å². The second-order valence-electron chi connectivity index (χ2n) is 6.71. The van der Waals surface area contributed by atoms with Crippen LogP contribution in [0.25, 0.3) is 0 Å². The van der Waals surface area contributed by atoms with Gasteiger partial charge in [-0.2, -0.15) is 0 Å². The van der Waals surface area contributed by atoms with Gasteiger partial charge in [0, 0.05) is 12.3 Å². The highest BCUT2D eigenvalue weighted by Crippen LogP contribution is 2.43. The number of carbonyl (C=O) groups excluding carboxylic acids is 1. The summed E-state index contributed by atoms with van der Waals surface area (Å²) < 4.78 is 0. The summed E-state index contributed by atoms with van der Waals surface area (Å²) in [6, 6.07) is 4.82. The molecule has 1 aromatic heterocycles. The first-order valence-corrected chi connectivity index (χ1v) is 8.86. The van der Waals surface area contributed by atoms with Crippen molar-refractivity contribution in [3.8, 4) is 0 Å². The average Bonchev–Trinajstić information content (AvgIpc) is 3.23. The number of hydrogen-bond acceptors (Lipinski definition) is 2. The lowest BCUT2D eigenvalue weighted by Gasteiger charge is -2.38. The lowest BCUT2D eigenvalue weighted by Crippen LogP contribution is -3.18. The minimum atomic E-state index is 0.243. The molecule has 1 aromatic rings. The number of nitrogens with zero attached hydrogens (tertiary/aromatic N) is 1. The van der Waals surface area contributed by atoms with Gasteiger partial charge in [0.15, 0.2) is 0 Å². The molecule has 4 rings (SSSR count). The summed E-state index contributed by atoms with van der Waals surface area (Å²) in [6.45, 7) is 4.20. The summed E-state index contributed by atoms with van der Waals surface area (Å²) in [5.41, 5.74) is 0. The molecule has 1 aliphatic heterocycles. The van der Waals surface area contributed by atoms with E-state index in [9.17, 15) is 4.79 Å². The zero-order valence-electron chi connectivity index (χ0n) is 11.9. The Morgan fingerprint density at radius 1 is 1.25 bits per heavy atom. The van der Waals surface area contributed by atoms with Gasteiger partial charge in [-0.1, -0.05) is 6.07 Å². The van der Waals surface area contributed by atoms with Crippen LogP contribution >= 0.6 is 11.3 Å². The van der Waals surface area contributed by atoms with Crippen LogP contribution in [0.15, 0.2) is 17.5 Å². The topological polar surface area (TPSA) is 24.8 Å². The van der Waals surface area contributed by atoms with E-state index in [1.165, 1.54) is 25.7 Å². The number of piperazine rings is 1. The highest BCUT2D eigenvalue weighted by molar-refractivity contribution is 7.12. The molecule has 1 N–H and O–H groups in total. The molecule has 1 amide bonds. The number of fused-ring (bicyclic) bond motifs is 2. The van der Waals surface area contributed by atoms with E-state index in [4.69, 9.17) is 0 Å². The Balaban J connectivity index is 1.35. The Morgan fingerprint density at radius 2 is 2.10 bits per heavy atom. The van der Waals surface area contributed by atoms with Gasteiger partial charge in [-0.15, -0.1) is 11.3 Å². The van der Waals surface area contributed by atoms with Gasteiger partial charge in [-0.05, 0) is 36.6 Å². The number of thiophene rings is 1. The third-order valence-corrected chi connectivity index (χ3v) is 6.55. The summed E-state index contributed by atoms with van der Waals surface area (Å²) in [4.78, 5) is 17.1. The maximum Gasteiger partial charge on any atom is 0.264 e. The number of carbonyl (C=O) groups is 1. The maximum absolute atomic E-state index is 12.3. The fraction of sp³-hybridized carbons (Fsp3) is 0.688. The zero-order valence-corrected chi connectivity index (χ0v) is 12.7. The molecule has 0 unspecified atom stereocenters. The van der Waals surface area contributed by atoms with E-state index in [-0.39, 0.29) is 5.91 Å². The molecule has 108 valence electrons. The van der Waals surface area contributed by atoms with Gasteiger partial charge in [0.05, 0.1) is 37.1 Å². The molecule has 0 aromatic carbocycles. The quantitative estimate of drug-likeness (QED) is 0.872. The first kappa shape index (κ1) is 12.8. The van der Waals surface area contributed by atoms with Gasteiger partial charge < -0.3 is 9.80 Å². The molecule has 1 saturated heterocycles. The van der Waals surface area contributed by atoms with Crippen molar-refractivity contribution in [2.45, 2.75) is 31.7 Å². The average molecular weight is 291 g/mol. The second-order valence-corrected chi connectivity index (χ2v) is 7.66. The van der Waals surface area contributed by atoms with E-state index in [0.717, 1.165) is 48.9 Å². The minimum Gasteiger partial charge on any atom is -0.329 e. The Bertz CT molecular complexity index is 479. The summed E-state index contributed by atoms with van der Waals surface area (Å²) >= 11 is 1.56. The molecular weight excluding hydrogens is 268 g/mol. The van der Waals surface area contributed by atoms with E-state index in [1.54, 1.807) is 16.2 Å². The van der Waals surface area contributed by atoms with E-state index in [1.807, 2.05) is 17.5 Å². The summed E-state index contributed by atoms with van der Waals surface area (Å²) in [5, 5.41) is 1.99. The Labute approximate surface area is 124 Å². The van der Waals surface area contributed by atoms with Gasteiger partial charge in [0.2, 0.25) is 0 Å². The van der Waals surface area contributed by atoms with Crippen molar-refractivity contribution in [2.24, 2.45) is 11.8 Å². The molecule has 3 fully saturated rings. The molecular formula is C16H23N2OS+. The third kappa shape index (κ3) is 2.19. The maximum atomic E-state index is 12.3. The van der Waals surface area contributed by atoms with E-state index < -0.39 is 0 Å². The lowest BCUT2D eigenvalue weighted by molar-refractivity contribution is -0.932. The van der Waals surface area contributed by atoms with Crippen LogP contribution in [0.2, 0.25) is 0 Å². The molecule has 0 radical (unpaired) electrons. The van der Waals surface area contributed by atoms with Gasteiger partial charge in [0.1, 0.15) is 0 Å². The van der Waals surface area contributed by atoms with Crippen LogP contribution in [0.1, 0.15) is 35.4 Å². The number of amides is 1. The minimum absolute atomic E-state index is 0.243. The van der Waals surface area contributed by atoms with Gasteiger partial charge >= 0.3 is 0 Å². The van der Waals surface area contributed by atoms with Crippen molar-refractivity contribution >= 4 is 17.2 Å². The lowest BCUT2D eigenvalue weighted by atomic mass is 9.93. The predicted octanol–water partition coefficient (Wildman–Crippen LogP) is 1.28. The SMILES string of the molecule is O=C(c1cccs1)N1CC[NH+]([C@@H]2C[C@H]3CC[C@@H]2C3)CC1. The Kier molecular flexibility index (Phi) is 3.31. The van der Waals surface area contributed by atoms with Crippen LogP contribution in [0.5, 0.6) is 0 Å². The van der Waals surface area contributed by atoms with E-state index in [2.05, 4.69) is 4.90 Å². The zero-order chi connectivity index (χ0) is 13.5. The standard InChI is InChI=1S/C16H22N2OS/c19-16(15-2-1-9-20-15)18-7-5-17(6-8-18)14-11-12-3-4-13(14)10-12/h1-2,9,12-14H,3-8,10-11H2/p+1/t12-,13+,14+/m0/s1. The molecule has 4 heteroatoms. The first-order chi connectivity index (χ1) is 9.81. The molecule has 20 heavy (non-hydrogen) atoms. The molecule has 3 aliphatic rings. The van der Waals surface area contributed by atoms with Crippen molar-refractivity contribution in [1.29, 1.82) is 0 Å². The van der Waals surface area contributed by atoms with Gasteiger partial charge in [-0.25, -0.2) is 0 Å². The second kappa shape index (κ2) is 5.15. The van der Waals surface area contributed by atoms with Crippen molar-refractivity contribution in [1.82, 2.24) is 4.90 Å². The fourth-order valence-electron chi connectivity index (χ4n) is 4.67. The van der Waals surface area contributed by atoms with Crippen LogP contribution < -0.4 is 4.90 Å². The molecule has 2 aliphatic carbocycles. The van der Waals surface area contributed by atoms with E-state index >= 15 is 0 Å². The number of hydrogen-bond donors (Lipinski definition) is 1. The van der Waals surface area contributed by atoms with Crippen LogP contribution in [-0.4, -0.2) is 43.0 Å². The third-order valence-electron chi connectivity index (χ3n) is 5.69. The highest BCUT2D eigenvalue weighted by Gasteiger charge is 2.45. The smallest absolute Gasteiger partial charge is 0.264 e. The molecule has 2 bridgehead atoms. The number of rotatable bonds is 2. The largest absolute Gasteiger partial charge is 0.329 e. The van der Waals surface area contributed by atoms with E-state index in [0.29, 0.717) is 0 Å². The van der Waals surface area contributed by atoms with Crippen molar-refractivity contribution in [2.75, 3.05) is 26.2 Å². The molecule has 0 spiro atoms.